The van der Waals surface area contributed by atoms with Crippen molar-refractivity contribution >= 4 is 21.8 Å². The van der Waals surface area contributed by atoms with Gasteiger partial charge in [0.2, 0.25) is 0 Å². The van der Waals surface area contributed by atoms with Gasteiger partial charge in [0.25, 0.3) is 0 Å². The molecule has 0 radical (unpaired) electrons. The molecule has 0 aliphatic carbocycles. The van der Waals surface area contributed by atoms with Crippen LogP contribution in [-0.4, -0.2) is 16.5 Å². The molecule has 3 rings (SSSR count). The molecule has 0 fully saturated rings. The largest absolute Gasteiger partial charge is 0.353 e. The zero-order valence-corrected chi connectivity index (χ0v) is 10.8. The van der Waals surface area contributed by atoms with Gasteiger partial charge in [-0.3, -0.25) is 4.98 Å². The number of hydrogen-bond acceptors (Lipinski definition) is 2. The molecule has 0 saturated heterocycles. The number of para-hydroxylation sites is 1. The standard InChI is InChI=1S/C16H15N3/c1-11-16-15(12(10-18-11)6-4-5-9-17)13-7-2-3-8-14(13)19-16/h2-3,7-8,10,19H,5,9,17H2,1H3. The second-order valence-corrected chi connectivity index (χ2v) is 4.52. The lowest BCUT2D eigenvalue weighted by Crippen LogP contribution is -1.95. The summed E-state index contributed by atoms with van der Waals surface area (Å²) in [5.74, 6) is 6.27. The van der Waals surface area contributed by atoms with E-state index in [0.717, 1.165) is 27.7 Å². The fourth-order valence-electron chi connectivity index (χ4n) is 2.31. The van der Waals surface area contributed by atoms with Crippen LogP contribution in [0.4, 0.5) is 0 Å². The molecule has 94 valence electrons. The molecule has 0 spiro atoms. The number of nitrogens with one attached hydrogen (secondary N) is 1. The van der Waals surface area contributed by atoms with Gasteiger partial charge >= 0.3 is 0 Å². The molecule has 3 heteroatoms. The Morgan fingerprint density at radius 3 is 3.00 bits per heavy atom. The van der Waals surface area contributed by atoms with Crippen LogP contribution >= 0.6 is 0 Å². The number of hydrogen-bond donors (Lipinski definition) is 2. The van der Waals surface area contributed by atoms with E-state index in [1.165, 1.54) is 5.39 Å². The van der Waals surface area contributed by atoms with Crippen LogP contribution in [0.5, 0.6) is 0 Å². The Balaban J connectivity index is 2.34. The molecule has 0 saturated carbocycles. The van der Waals surface area contributed by atoms with E-state index in [-0.39, 0.29) is 0 Å². The molecule has 3 nitrogen and oxygen atoms in total. The highest BCUT2D eigenvalue weighted by Gasteiger charge is 2.09. The number of pyridine rings is 1. The van der Waals surface area contributed by atoms with Gasteiger partial charge in [-0.05, 0) is 13.0 Å². The smallest absolute Gasteiger partial charge is 0.0693 e. The Morgan fingerprint density at radius 1 is 1.32 bits per heavy atom. The van der Waals surface area contributed by atoms with Crippen LogP contribution in [0.1, 0.15) is 17.7 Å². The molecule has 19 heavy (non-hydrogen) atoms. The third-order valence-corrected chi connectivity index (χ3v) is 3.22. The Bertz CT molecular complexity index is 803. The van der Waals surface area contributed by atoms with Gasteiger partial charge < -0.3 is 10.7 Å². The average molecular weight is 249 g/mol. The van der Waals surface area contributed by atoms with E-state index >= 15 is 0 Å². The predicted octanol–water partition coefficient (Wildman–Crippen LogP) is 2.72. The SMILES string of the molecule is Cc1ncc(C#CCCN)c2c1[nH]c1ccccc12. The van der Waals surface area contributed by atoms with Crippen LogP contribution in [0.3, 0.4) is 0 Å². The van der Waals surface area contributed by atoms with Gasteiger partial charge in [-0.15, -0.1) is 0 Å². The summed E-state index contributed by atoms with van der Waals surface area (Å²) in [5, 5.41) is 2.35. The highest BCUT2D eigenvalue weighted by Crippen LogP contribution is 2.28. The van der Waals surface area contributed by atoms with Gasteiger partial charge in [-0.1, -0.05) is 30.0 Å². The highest BCUT2D eigenvalue weighted by atomic mass is 14.8. The molecule has 0 amide bonds. The molecular formula is C16H15N3. The van der Waals surface area contributed by atoms with Gasteiger partial charge in [0, 0.05) is 35.5 Å². The maximum Gasteiger partial charge on any atom is 0.0693 e. The first kappa shape index (κ1) is 11.8. The zero-order chi connectivity index (χ0) is 13.2. The van der Waals surface area contributed by atoms with E-state index in [1.807, 2.05) is 25.3 Å². The number of aromatic amines is 1. The summed E-state index contributed by atoms with van der Waals surface area (Å²) in [7, 11) is 0. The topological polar surface area (TPSA) is 54.7 Å². The third kappa shape index (κ3) is 1.96. The van der Waals surface area contributed by atoms with Crippen LogP contribution in [-0.2, 0) is 0 Å². The van der Waals surface area contributed by atoms with Crippen molar-refractivity contribution in [3.63, 3.8) is 0 Å². The van der Waals surface area contributed by atoms with Gasteiger partial charge in [0.05, 0.1) is 16.8 Å². The normalized spacial score (nSPS) is 10.6. The van der Waals surface area contributed by atoms with Crippen molar-refractivity contribution in [1.82, 2.24) is 9.97 Å². The monoisotopic (exact) mass is 249 g/mol. The second-order valence-electron chi connectivity index (χ2n) is 4.52. The van der Waals surface area contributed by atoms with E-state index in [9.17, 15) is 0 Å². The number of aromatic nitrogens is 2. The lowest BCUT2D eigenvalue weighted by molar-refractivity contribution is 1.03. The Kier molecular flexibility index (Phi) is 2.94. The van der Waals surface area contributed by atoms with E-state index in [1.54, 1.807) is 0 Å². The number of aryl methyl sites for hydroxylation is 1. The number of H-pyrrole nitrogens is 1. The van der Waals surface area contributed by atoms with Crippen molar-refractivity contribution in [1.29, 1.82) is 0 Å². The van der Waals surface area contributed by atoms with Crippen molar-refractivity contribution in [2.45, 2.75) is 13.3 Å². The number of fused-ring (bicyclic) bond motifs is 3. The molecule has 2 heterocycles. The van der Waals surface area contributed by atoms with E-state index in [0.29, 0.717) is 13.0 Å². The van der Waals surface area contributed by atoms with Gasteiger partial charge in [-0.25, -0.2) is 0 Å². The predicted molar refractivity (Wildman–Crippen MR) is 78.9 cm³/mol. The van der Waals surface area contributed by atoms with Crippen molar-refractivity contribution in [2.75, 3.05) is 6.54 Å². The number of nitrogens with two attached hydrogens (primary N) is 1. The molecule has 2 aromatic heterocycles. The molecular weight excluding hydrogens is 234 g/mol. The summed E-state index contributed by atoms with van der Waals surface area (Å²) in [5.41, 5.74) is 9.63. The number of nitrogens with zero attached hydrogens (tertiary/aromatic N) is 1. The Labute approximate surface area is 111 Å². The van der Waals surface area contributed by atoms with E-state index in [2.05, 4.69) is 33.9 Å². The summed E-state index contributed by atoms with van der Waals surface area (Å²) in [4.78, 5) is 7.84. The van der Waals surface area contributed by atoms with E-state index in [4.69, 9.17) is 5.73 Å². The van der Waals surface area contributed by atoms with Crippen molar-refractivity contribution in [3.8, 4) is 11.8 Å². The summed E-state index contributed by atoms with van der Waals surface area (Å²) >= 11 is 0. The van der Waals surface area contributed by atoms with Crippen LogP contribution in [0, 0.1) is 18.8 Å². The second kappa shape index (κ2) is 4.75. The van der Waals surface area contributed by atoms with Crippen molar-refractivity contribution < 1.29 is 0 Å². The first-order chi connectivity index (χ1) is 9.31. The molecule has 0 aliphatic rings. The molecule has 0 unspecified atom stereocenters. The summed E-state index contributed by atoms with van der Waals surface area (Å²) in [6.07, 6.45) is 2.55. The van der Waals surface area contributed by atoms with Crippen LogP contribution < -0.4 is 5.73 Å². The minimum Gasteiger partial charge on any atom is -0.353 e. The molecule has 3 aromatic rings. The fourth-order valence-corrected chi connectivity index (χ4v) is 2.31. The lowest BCUT2D eigenvalue weighted by Gasteiger charge is -1.98. The minimum absolute atomic E-state index is 0.587. The molecule has 0 aliphatic heterocycles. The fraction of sp³-hybridized carbons (Fsp3) is 0.188. The first-order valence-electron chi connectivity index (χ1n) is 6.36. The van der Waals surface area contributed by atoms with Crippen molar-refractivity contribution in [3.05, 3.63) is 41.7 Å². The van der Waals surface area contributed by atoms with Gasteiger partial charge in [0.1, 0.15) is 0 Å². The molecule has 0 atom stereocenters. The van der Waals surface area contributed by atoms with Crippen LogP contribution in [0.2, 0.25) is 0 Å². The Morgan fingerprint density at radius 2 is 2.16 bits per heavy atom. The zero-order valence-electron chi connectivity index (χ0n) is 10.8. The summed E-state index contributed by atoms with van der Waals surface area (Å²) in [6, 6.07) is 8.26. The maximum absolute atomic E-state index is 5.48. The number of benzene rings is 1. The molecule has 3 N–H and O–H groups in total. The van der Waals surface area contributed by atoms with Crippen molar-refractivity contribution in [2.24, 2.45) is 5.73 Å². The summed E-state index contributed by atoms with van der Waals surface area (Å²) in [6.45, 7) is 2.60. The third-order valence-electron chi connectivity index (χ3n) is 3.22. The van der Waals surface area contributed by atoms with Gasteiger partial charge in [0.15, 0.2) is 0 Å². The van der Waals surface area contributed by atoms with Crippen LogP contribution in [0.25, 0.3) is 21.8 Å². The minimum atomic E-state index is 0.587. The first-order valence-corrected chi connectivity index (χ1v) is 6.36. The van der Waals surface area contributed by atoms with Gasteiger partial charge in [-0.2, -0.15) is 0 Å². The van der Waals surface area contributed by atoms with Crippen LogP contribution in [0.15, 0.2) is 30.5 Å². The quantitative estimate of drug-likeness (QED) is 0.651. The molecule has 0 bridgehead atoms. The Hall–Kier alpha value is -2.31. The number of rotatable bonds is 1. The maximum atomic E-state index is 5.48. The van der Waals surface area contributed by atoms with E-state index < -0.39 is 0 Å². The molecule has 1 aromatic carbocycles. The highest BCUT2D eigenvalue weighted by molar-refractivity contribution is 6.10. The average Bonchev–Trinajstić information content (AvgIpc) is 2.82. The lowest BCUT2D eigenvalue weighted by atomic mass is 10.1. The summed E-state index contributed by atoms with van der Waals surface area (Å²) < 4.78 is 0.